The van der Waals surface area contributed by atoms with Gasteiger partial charge in [0.1, 0.15) is 11.9 Å². The van der Waals surface area contributed by atoms with Gasteiger partial charge in [-0.1, -0.05) is 45.9 Å². The Bertz CT molecular complexity index is 1640. The van der Waals surface area contributed by atoms with E-state index in [-0.39, 0.29) is 45.7 Å². The van der Waals surface area contributed by atoms with Crippen LogP contribution in [0.5, 0.6) is 0 Å². The molecule has 0 aromatic heterocycles. The zero-order valence-electron chi connectivity index (χ0n) is 27.7. The van der Waals surface area contributed by atoms with Crippen LogP contribution in [0.2, 0.25) is 0 Å². The van der Waals surface area contributed by atoms with Crippen molar-refractivity contribution in [1.82, 2.24) is 0 Å². The number of aliphatic hydroxyl groups excluding tert-OH is 1. The van der Waals surface area contributed by atoms with E-state index in [0.29, 0.717) is 23.4 Å². The van der Waals surface area contributed by atoms with Gasteiger partial charge in [-0.3, -0.25) is 24.5 Å². The maximum Gasteiger partial charge on any atom is 0.495 e. The molecule has 0 saturated heterocycles. The Morgan fingerprint density at radius 3 is 2.58 bits per heavy atom. The Kier molecular flexibility index (Phi) is 10.0. The third-order valence-corrected chi connectivity index (χ3v) is 12.8. The number of carbonyl (C=O) groups is 3. The normalized spacial score (nSPS) is 32.7. The summed E-state index contributed by atoms with van der Waals surface area (Å²) in [4.78, 5) is 51.3. The van der Waals surface area contributed by atoms with Crippen LogP contribution < -0.4 is 10.8 Å². The summed E-state index contributed by atoms with van der Waals surface area (Å²) in [5, 5.41) is 44.6. The predicted molar refractivity (Wildman–Crippen MR) is 183 cm³/mol. The Morgan fingerprint density at radius 1 is 1.19 bits per heavy atom. The fourth-order valence-electron chi connectivity index (χ4n) is 8.76. The van der Waals surface area contributed by atoms with Crippen molar-refractivity contribution in [3.63, 3.8) is 0 Å². The SMILES string of the molecule is C=C[C@]1(C)C[C@@H](OC(=O)CSc2cccc(NC(=O)c3ccc(B(O)O)c([N+](=O)[O-])c3)c2)[C@]2(C)[C@H](C)CC[C@]3(CCC(=O)[C@H]32)[C@@H](C)[C@@H]1O. The molecule has 3 aliphatic rings. The molecule has 11 nitrogen and oxygen atoms in total. The molecular weight excluding hydrogens is 635 g/mol. The van der Waals surface area contributed by atoms with Crippen molar-refractivity contribution in [2.45, 2.75) is 76.9 Å². The number of carbonyl (C=O) groups excluding carboxylic acids is 3. The number of ketones is 1. The van der Waals surface area contributed by atoms with Gasteiger partial charge >= 0.3 is 13.1 Å². The zero-order chi connectivity index (χ0) is 35.2. The lowest BCUT2D eigenvalue weighted by molar-refractivity contribution is -0.383. The largest absolute Gasteiger partial charge is 0.495 e. The lowest BCUT2D eigenvalue weighted by Gasteiger charge is -2.61. The second kappa shape index (κ2) is 13.4. The second-order valence-electron chi connectivity index (χ2n) is 14.2. The quantitative estimate of drug-likeness (QED) is 0.0737. The summed E-state index contributed by atoms with van der Waals surface area (Å²) in [6.07, 6.45) is 3.66. The number of anilines is 1. The van der Waals surface area contributed by atoms with Crippen molar-refractivity contribution in [3.05, 3.63) is 70.8 Å². The van der Waals surface area contributed by atoms with Crippen molar-refractivity contribution >= 4 is 53.4 Å². The van der Waals surface area contributed by atoms with E-state index < -0.39 is 52.6 Å². The number of nitrogens with zero attached hydrogens (tertiary/aromatic N) is 1. The Balaban J connectivity index is 1.32. The van der Waals surface area contributed by atoms with E-state index in [1.54, 1.807) is 30.3 Å². The number of nitro benzene ring substituents is 1. The lowest BCUT2D eigenvalue weighted by atomic mass is 9.44. The van der Waals surface area contributed by atoms with Crippen LogP contribution in [0.4, 0.5) is 11.4 Å². The van der Waals surface area contributed by atoms with Crippen molar-refractivity contribution < 1.29 is 39.2 Å². The van der Waals surface area contributed by atoms with Gasteiger partial charge in [0.05, 0.1) is 22.2 Å². The first kappa shape index (κ1) is 35.8. The smallest absolute Gasteiger partial charge is 0.461 e. The molecule has 1 amide bonds. The number of Topliss-reactive ketones (excluding diaryl/α,β-unsaturated/α-hetero) is 1. The van der Waals surface area contributed by atoms with Crippen molar-refractivity contribution in [3.8, 4) is 0 Å². The van der Waals surface area contributed by atoms with Crippen molar-refractivity contribution in [2.24, 2.45) is 34.0 Å². The highest BCUT2D eigenvalue weighted by Gasteiger charge is 2.68. The van der Waals surface area contributed by atoms with E-state index in [1.807, 2.05) is 6.92 Å². The highest BCUT2D eigenvalue weighted by Crippen LogP contribution is 2.68. The maximum absolute atomic E-state index is 13.6. The number of amides is 1. The van der Waals surface area contributed by atoms with Crippen LogP contribution in [0.3, 0.4) is 0 Å². The summed E-state index contributed by atoms with van der Waals surface area (Å²) < 4.78 is 6.32. The van der Waals surface area contributed by atoms with Gasteiger partial charge in [0.25, 0.3) is 11.6 Å². The molecule has 0 heterocycles. The van der Waals surface area contributed by atoms with Gasteiger partial charge in [-0.25, -0.2) is 0 Å². The molecule has 8 atom stereocenters. The molecule has 13 heteroatoms. The molecule has 3 aliphatic carbocycles. The minimum absolute atomic E-state index is 0.0387. The Labute approximate surface area is 284 Å². The number of thioether (sulfide) groups is 1. The van der Waals surface area contributed by atoms with Gasteiger partial charge in [0, 0.05) is 45.4 Å². The number of esters is 1. The first-order chi connectivity index (χ1) is 22.6. The van der Waals surface area contributed by atoms with Crippen LogP contribution in [0.1, 0.15) is 70.2 Å². The van der Waals surface area contributed by atoms with Crippen LogP contribution >= 0.6 is 11.8 Å². The monoisotopic (exact) mass is 678 g/mol. The molecule has 256 valence electrons. The van der Waals surface area contributed by atoms with Gasteiger partial charge in [0.15, 0.2) is 0 Å². The summed E-state index contributed by atoms with van der Waals surface area (Å²) in [6, 6.07) is 10.1. The molecule has 0 unspecified atom stereocenters. The molecule has 3 fully saturated rings. The van der Waals surface area contributed by atoms with Gasteiger partial charge in [-0.2, -0.15) is 0 Å². The molecule has 2 bridgehead atoms. The number of benzene rings is 2. The fraction of sp³-hybridized carbons (Fsp3) is 0.514. The standard InChI is InChI=1S/C35H43BN2O9S/c1-6-33(4)18-28(34(5)20(2)12-14-35(21(3)31(33)41)15-13-27(39)30(34)35)47-29(40)19-48-24-9-7-8-23(17-24)37-32(42)22-10-11-25(36(43)44)26(16-22)38(45)46/h6-11,16-17,20-21,28,30-31,41,43-44H,1,12-15,18-19H2,2-5H3,(H,37,42)/t20-,21+,28-,30+,31+,33-,34+,35+/m1/s1. The number of nitrogens with one attached hydrogen (secondary N) is 1. The molecule has 4 N–H and O–H groups in total. The molecule has 2 aromatic carbocycles. The molecule has 0 radical (unpaired) electrons. The minimum Gasteiger partial charge on any atom is -0.461 e. The molecule has 48 heavy (non-hydrogen) atoms. The van der Waals surface area contributed by atoms with E-state index in [0.717, 1.165) is 31.4 Å². The number of aliphatic hydroxyl groups is 1. The van der Waals surface area contributed by atoms with E-state index in [2.05, 4.69) is 32.7 Å². The zero-order valence-corrected chi connectivity index (χ0v) is 28.5. The van der Waals surface area contributed by atoms with Crippen LogP contribution in [0.15, 0.2) is 60.0 Å². The molecule has 2 aromatic rings. The van der Waals surface area contributed by atoms with Gasteiger partial charge < -0.3 is 25.2 Å². The van der Waals surface area contributed by atoms with Gasteiger partial charge in [-0.05, 0) is 67.2 Å². The first-order valence-corrected chi connectivity index (χ1v) is 17.3. The second-order valence-corrected chi connectivity index (χ2v) is 15.3. The molecule has 5 rings (SSSR count). The first-order valence-electron chi connectivity index (χ1n) is 16.3. The summed E-state index contributed by atoms with van der Waals surface area (Å²) >= 11 is 1.22. The van der Waals surface area contributed by atoms with Crippen LogP contribution in [0.25, 0.3) is 0 Å². The van der Waals surface area contributed by atoms with E-state index in [9.17, 15) is 39.7 Å². The number of hydrogen-bond acceptors (Lipinski definition) is 10. The molecular formula is C35H43BN2O9S. The third kappa shape index (κ3) is 6.21. The number of ether oxygens (including phenoxy) is 1. The van der Waals surface area contributed by atoms with Gasteiger partial charge in [0.2, 0.25) is 0 Å². The number of nitro groups is 1. The Morgan fingerprint density at radius 2 is 1.92 bits per heavy atom. The average Bonchev–Trinajstić information content (AvgIpc) is 3.41. The fourth-order valence-corrected chi connectivity index (χ4v) is 9.50. The molecule has 0 aliphatic heterocycles. The van der Waals surface area contributed by atoms with E-state index in [1.165, 1.54) is 17.8 Å². The lowest BCUT2D eigenvalue weighted by Crippen LogP contribution is -2.63. The van der Waals surface area contributed by atoms with Crippen molar-refractivity contribution in [2.75, 3.05) is 11.1 Å². The summed E-state index contributed by atoms with van der Waals surface area (Å²) in [7, 11) is -2.07. The minimum atomic E-state index is -2.07. The average molecular weight is 679 g/mol. The Hall–Kier alpha value is -3.52. The van der Waals surface area contributed by atoms with Crippen LogP contribution in [0, 0.1) is 44.1 Å². The number of rotatable bonds is 9. The predicted octanol–water partition coefficient (Wildman–Crippen LogP) is 4.53. The summed E-state index contributed by atoms with van der Waals surface area (Å²) in [5.41, 5.74) is -2.30. The summed E-state index contributed by atoms with van der Waals surface area (Å²) in [5.74, 6) is -1.26. The van der Waals surface area contributed by atoms with Crippen LogP contribution in [-0.2, 0) is 14.3 Å². The van der Waals surface area contributed by atoms with Gasteiger partial charge in [-0.15, -0.1) is 18.3 Å². The number of hydrogen-bond donors (Lipinski definition) is 4. The highest BCUT2D eigenvalue weighted by atomic mass is 32.2. The van der Waals surface area contributed by atoms with Crippen LogP contribution in [-0.4, -0.2) is 62.8 Å². The third-order valence-electron chi connectivity index (χ3n) is 11.8. The van der Waals surface area contributed by atoms with Crippen molar-refractivity contribution in [1.29, 1.82) is 0 Å². The van der Waals surface area contributed by atoms with E-state index >= 15 is 0 Å². The topological polar surface area (TPSA) is 176 Å². The molecule has 3 saturated carbocycles. The summed E-state index contributed by atoms with van der Waals surface area (Å²) in [6.45, 7) is 12.3. The van der Waals surface area contributed by atoms with E-state index in [4.69, 9.17) is 4.74 Å². The maximum atomic E-state index is 13.6. The highest BCUT2D eigenvalue weighted by molar-refractivity contribution is 8.00. The molecule has 0 spiro atoms.